The first kappa shape index (κ1) is 23.4. The smallest absolute Gasteiger partial charge is 0 e. The van der Waals surface area contributed by atoms with Gasteiger partial charge in [-0.2, -0.15) is 0 Å². The second-order valence-electron chi connectivity index (χ2n) is 0. The van der Waals surface area contributed by atoms with Crippen molar-refractivity contribution in [2.45, 2.75) is 0 Å². The normalized spacial score (nSPS) is 0. The van der Waals surface area contributed by atoms with E-state index < -0.39 is 0 Å². The largest absolute Gasteiger partial charge is 0 e. The van der Waals surface area contributed by atoms with E-state index in [2.05, 4.69) is 0 Å². The van der Waals surface area contributed by atoms with Crippen LogP contribution in [-0.2, 0) is 0 Å². The van der Waals surface area contributed by atoms with E-state index in [1.54, 1.807) is 0 Å². The van der Waals surface area contributed by atoms with E-state index >= 15 is 0 Å². The van der Waals surface area contributed by atoms with Gasteiger partial charge in [0.05, 0.1) is 0 Å². The van der Waals surface area contributed by atoms with E-state index in [1.165, 1.54) is 0 Å². The first-order chi connectivity index (χ1) is 0. The van der Waals surface area contributed by atoms with Crippen molar-refractivity contribution < 1.29 is 123 Å². The van der Waals surface area contributed by atoms with Crippen molar-refractivity contribution in [3.8, 4) is 0 Å². The standard InChI is InChI=1S/Ga.3Nd.3H. The fourth-order valence-electron chi connectivity index (χ4n) is 0. The molecule has 0 aliphatic carbocycles. The SMILES string of the molecule is [GaH3].[Nd].[Nd].[Nd]. The molecule has 0 fully saturated rings. The number of rotatable bonds is 0. The average Bonchev–Trinajstić information content (AvgIpc) is 0. The van der Waals surface area contributed by atoms with Gasteiger partial charge in [0.2, 0.25) is 0 Å². The Morgan fingerprint density at radius 2 is 0.500 bits per heavy atom. The molecule has 0 aromatic heterocycles. The molecular formula is H3GaNd3. The molecule has 0 bridgehead atoms. The average molecular weight is 505 g/mol. The minimum Gasteiger partial charge on any atom is 0 e. The van der Waals surface area contributed by atoms with Crippen molar-refractivity contribution in [2.75, 3.05) is 0 Å². The zero-order chi connectivity index (χ0) is 0. The van der Waals surface area contributed by atoms with Gasteiger partial charge in [0.25, 0.3) is 0 Å². The predicted molar refractivity (Wildman–Crippen MR) is 9.94 cm³/mol. The summed E-state index contributed by atoms with van der Waals surface area (Å²) < 4.78 is 0. The molecule has 0 amide bonds. The van der Waals surface area contributed by atoms with E-state index in [0.29, 0.717) is 0 Å². The fraction of sp³-hybridized carbons (Fsp3) is 0. The van der Waals surface area contributed by atoms with Gasteiger partial charge in [0, 0.05) is 123 Å². The Bertz CT molecular complexity index is 3.25. The van der Waals surface area contributed by atoms with Crippen LogP contribution in [0.4, 0.5) is 0 Å². The van der Waals surface area contributed by atoms with Gasteiger partial charge in [-0.15, -0.1) is 0 Å². The molecule has 0 aromatic carbocycles. The van der Waals surface area contributed by atoms with Crippen molar-refractivity contribution in [3.05, 3.63) is 0 Å². The third-order valence-electron chi connectivity index (χ3n) is 0. The van der Waals surface area contributed by atoms with Crippen LogP contribution in [0.2, 0.25) is 0 Å². The summed E-state index contributed by atoms with van der Waals surface area (Å²) in [5.74, 6) is 0. The monoisotopic (exact) mass is 498 g/mol. The van der Waals surface area contributed by atoms with Crippen molar-refractivity contribution >= 4 is 19.8 Å². The van der Waals surface area contributed by atoms with E-state index in [4.69, 9.17) is 0 Å². The summed E-state index contributed by atoms with van der Waals surface area (Å²) in [7, 11) is 0. The molecule has 4 heavy (non-hydrogen) atoms. The van der Waals surface area contributed by atoms with E-state index in [1.807, 2.05) is 0 Å². The third-order valence-corrected chi connectivity index (χ3v) is 0. The van der Waals surface area contributed by atoms with Crippen molar-refractivity contribution in [1.82, 2.24) is 0 Å². The van der Waals surface area contributed by atoms with Crippen LogP contribution < -0.4 is 0 Å². The Morgan fingerprint density at radius 3 is 0.500 bits per heavy atom. The van der Waals surface area contributed by atoms with Gasteiger partial charge < -0.3 is 0 Å². The fourth-order valence-corrected chi connectivity index (χ4v) is 0. The topological polar surface area (TPSA) is 0 Å². The van der Waals surface area contributed by atoms with E-state index in [9.17, 15) is 0 Å². The van der Waals surface area contributed by atoms with Gasteiger partial charge in [-0.05, 0) is 0 Å². The van der Waals surface area contributed by atoms with Gasteiger partial charge in [-0.25, -0.2) is 0 Å². The second kappa shape index (κ2) is 15.6. The maximum Gasteiger partial charge on any atom is 0 e. The van der Waals surface area contributed by atoms with Crippen molar-refractivity contribution in [1.29, 1.82) is 0 Å². The molecular weight excluding hydrogens is 502 g/mol. The first-order valence-corrected chi connectivity index (χ1v) is 0. The van der Waals surface area contributed by atoms with Gasteiger partial charge in [-0.3, -0.25) is 0 Å². The van der Waals surface area contributed by atoms with Crippen LogP contribution in [0, 0.1) is 123 Å². The molecule has 0 rings (SSSR count). The molecule has 4 heteroatoms. The summed E-state index contributed by atoms with van der Waals surface area (Å²) in [6.45, 7) is 0. The summed E-state index contributed by atoms with van der Waals surface area (Å²) in [5.41, 5.74) is 0. The minimum atomic E-state index is 0. The molecule has 0 nitrogen and oxygen atoms in total. The molecule has 0 aliphatic rings. The van der Waals surface area contributed by atoms with Crippen LogP contribution in [0.1, 0.15) is 0 Å². The Kier molecular flexibility index (Phi) is 91.4. The van der Waals surface area contributed by atoms with Crippen molar-refractivity contribution in [2.24, 2.45) is 0 Å². The summed E-state index contributed by atoms with van der Waals surface area (Å²) in [5, 5.41) is 0. The summed E-state index contributed by atoms with van der Waals surface area (Å²) in [6, 6.07) is 0. The Labute approximate surface area is 138 Å². The molecule has 0 spiro atoms. The molecule has 0 aromatic rings. The predicted octanol–water partition coefficient (Wildman–Crippen LogP) is -1.18. The molecule has 0 atom stereocenters. The first-order valence-electron chi connectivity index (χ1n) is 0. The number of hydrogen-bond acceptors (Lipinski definition) is 0. The molecule has 18 valence electrons. The minimum absolute atomic E-state index is 0. The molecule has 0 unspecified atom stereocenters. The number of hydrogen-bond donors (Lipinski definition) is 0. The Balaban J connectivity index is 0. The molecule has 0 radical (unpaired) electrons. The van der Waals surface area contributed by atoms with E-state index in [-0.39, 0.29) is 142 Å². The van der Waals surface area contributed by atoms with Crippen LogP contribution >= 0.6 is 0 Å². The van der Waals surface area contributed by atoms with Gasteiger partial charge in [0.1, 0.15) is 0 Å². The van der Waals surface area contributed by atoms with E-state index in [0.717, 1.165) is 0 Å². The van der Waals surface area contributed by atoms with Crippen LogP contribution in [0.5, 0.6) is 0 Å². The summed E-state index contributed by atoms with van der Waals surface area (Å²) >= 11 is 0. The van der Waals surface area contributed by atoms with Gasteiger partial charge >= 0.3 is 19.8 Å². The molecule has 0 saturated heterocycles. The quantitative estimate of drug-likeness (QED) is 0.364. The summed E-state index contributed by atoms with van der Waals surface area (Å²) in [4.78, 5) is 0. The summed E-state index contributed by atoms with van der Waals surface area (Å²) in [6.07, 6.45) is 0. The molecule has 0 aliphatic heterocycles. The molecule has 0 heterocycles. The van der Waals surface area contributed by atoms with Gasteiger partial charge in [-0.1, -0.05) is 0 Å². The zero-order valence-electron chi connectivity index (χ0n) is 1.50. The van der Waals surface area contributed by atoms with Gasteiger partial charge in [0.15, 0.2) is 0 Å². The van der Waals surface area contributed by atoms with Crippen LogP contribution in [0.25, 0.3) is 0 Å². The second-order valence-corrected chi connectivity index (χ2v) is 0. The van der Waals surface area contributed by atoms with Crippen LogP contribution in [-0.4, -0.2) is 19.8 Å². The van der Waals surface area contributed by atoms with Crippen molar-refractivity contribution in [3.63, 3.8) is 0 Å². The van der Waals surface area contributed by atoms with Crippen LogP contribution in [0.3, 0.4) is 0 Å². The third kappa shape index (κ3) is 9.85. The Morgan fingerprint density at radius 1 is 0.500 bits per heavy atom. The van der Waals surface area contributed by atoms with Crippen LogP contribution in [0.15, 0.2) is 0 Å². The zero-order valence-corrected chi connectivity index (χ0v) is 11.1. The molecule has 0 saturated carbocycles. The molecule has 0 N–H and O–H groups in total. The Hall–Kier alpha value is 4.69. The maximum absolute atomic E-state index is 0. The maximum atomic E-state index is 0.